The Morgan fingerprint density at radius 3 is 2.60 bits per heavy atom. The van der Waals surface area contributed by atoms with Crippen LogP contribution in [0.5, 0.6) is 0 Å². The molecule has 5 heteroatoms. The first kappa shape index (κ1) is 12.2. The van der Waals surface area contributed by atoms with Crippen molar-refractivity contribution in [1.29, 1.82) is 0 Å². The molecule has 3 aromatic rings. The summed E-state index contributed by atoms with van der Waals surface area (Å²) in [6.07, 6.45) is 4.08. The minimum atomic E-state index is -1.02. The molecule has 0 aliphatic rings. The summed E-state index contributed by atoms with van der Waals surface area (Å²) in [5.41, 5.74) is 2.25. The average molecular weight is 267 g/mol. The van der Waals surface area contributed by atoms with Crippen molar-refractivity contribution in [1.82, 2.24) is 9.55 Å². The number of benzene rings is 1. The van der Waals surface area contributed by atoms with Crippen LogP contribution in [0.15, 0.2) is 55.0 Å². The Kier molecular flexibility index (Phi) is 2.87. The van der Waals surface area contributed by atoms with Gasteiger partial charge in [0, 0.05) is 36.5 Å². The first-order valence-corrected chi connectivity index (χ1v) is 6.15. The molecule has 0 unspecified atom stereocenters. The fraction of sp³-hybridized carbons (Fsp3) is 0.0667. The molecule has 20 heavy (non-hydrogen) atoms. The minimum Gasteiger partial charge on any atom is -0.464 e. The second-order valence-corrected chi connectivity index (χ2v) is 4.49. The van der Waals surface area contributed by atoms with Gasteiger partial charge < -0.3 is 9.67 Å². The number of carboxylic acid groups (broad SMARTS) is 1. The summed E-state index contributed by atoms with van der Waals surface area (Å²) in [7, 11) is 1.96. The van der Waals surface area contributed by atoms with Gasteiger partial charge in [-0.1, -0.05) is 0 Å². The molecule has 100 valence electrons. The molecule has 0 saturated heterocycles. The predicted molar refractivity (Wildman–Crippen MR) is 77.3 cm³/mol. The molecule has 0 aliphatic heterocycles. The van der Waals surface area contributed by atoms with E-state index in [1.54, 1.807) is 30.6 Å². The number of rotatable bonds is 2. The van der Waals surface area contributed by atoms with Gasteiger partial charge in [0.15, 0.2) is 0 Å². The molecular formula is C15H13N3O2. The summed E-state index contributed by atoms with van der Waals surface area (Å²) in [4.78, 5) is 16.7. The molecule has 2 aromatic heterocycles. The van der Waals surface area contributed by atoms with E-state index in [9.17, 15) is 9.90 Å². The molecule has 0 spiro atoms. The van der Waals surface area contributed by atoms with Crippen molar-refractivity contribution in [2.75, 3.05) is 4.90 Å². The molecule has 0 radical (unpaired) electrons. The number of aromatic nitrogens is 2. The maximum atomic E-state index is 11.5. The number of pyridine rings is 1. The summed E-state index contributed by atoms with van der Waals surface area (Å²) >= 11 is 0. The number of carbonyl (C=O) groups is 1. The number of fused-ring (bicyclic) bond motifs is 1. The summed E-state index contributed by atoms with van der Waals surface area (Å²) in [6.45, 7) is 0. The highest BCUT2D eigenvalue weighted by Gasteiger charge is 2.17. The van der Waals surface area contributed by atoms with Gasteiger partial charge in [-0.25, -0.2) is 9.69 Å². The predicted octanol–water partition coefficient (Wildman–Crippen LogP) is 3.39. The molecule has 0 saturated carbocycles. The monoisotopic (exact) mass is 267 g/mol. The van der Waals surface area contributed by atoms with Crippen LogP contribution in [0.1, 0.15) is 0 Å². The van der Waals surface area contributed by atoms with Gasteiger partial charge >= 0.3 is 6.09 Å². The zero-order valence-electron chi connectivity index (χ0n) is 10.9. The van der Waals surface area contributed by atoms with Crippen molar-refractivity contribution in [2.45, 2.75) is 0 Å². The average Bonchev–Trinajstić information content (AvgIpc) is 2.81. The second kappa shape index (κ2) is 4.70. The SMILES string of the molecule is Cn1ccc2cc(N(C(=O)O)c3ccncc3)ccc21. The van der Waals surface area contributed by atoms with Gasteiger partial charge in [0.1, 0.15) is 0 Å². The van der Waals surface area contributed by atoms with Gasteiger partial charge in [0.05, 0.1) is 11.4 Å². The zero-order valence-corrected chi connectivity index (χ0v) is 10.9. The number of hydrogen-bond acceptors (Lipinski definition) is 2. The largest absolute Gasteiger partial charge is 0.464 e. The fourth-order valence-electron chi connectivity index (χ4n) is 2.27. The first-order chi connectivity index (χ1) is 9.66. The molecule has 0 atom stereocenters. The van der Waals surface area contributed by atoms with Crippen LogP contribution in [0.3, 0.4) is 0 Å². The molecular weight excluding hydrogens is 254 g/mol. The molecule has 1 N–H and O–H groups in total. The summed E-state index contributed by atoms with van der Waals surface area (Å²) in [6, 6.07) is 10.9. The van der Waals surface area contributed by atoms with Gasteiger partial charge in [-0.3, -0.25) is 4.98 Å². The van der Waals surface area contributed by atoms with Crippen molar-refractivity contribution < 1.29 is 9.90 Å². The zero-order chi connectivity index (χ0) is 14.1. The standard InChI is InChI=1S/C15H13N3O2/c1-17-9-6-11-10-13(2-3-14(11)17)18(15(19)20)12-4-7-16-8-5-12/h2-10H,1H3,(H,19,20). The number of anilines is 2. The number of nitrogens with zero attached hydrogens (tertiary/aromatic N) is 3. The lowest BCUT2D eigenvalue weighted by Gasteiger charge is -2.19. The summed E-state index contributed by atoms with van der Waals surface area (Å²) in [5.74, 6) is 0. The summed E-state index contributed by atoms with van der Waals surface area (Å²) in [5, 5.41) is 10.5. The third-order valence-corrected chi connectivity index (χ3v) is 3.24. The Bertz CT molecular complexity index is 765. The second-order valence-electron chi connectivity index (χ2n) is 4.49. The normalized spacial score (nSPS) is 10.7. The molecule has 0 bridgehead atoms. The lowest BCUT2D eigenvalue weighted by molar-refractivity contribution is 0.205. The quantitative estimate of drug-likeness (QED) is 0.774. The van der Waals surface area contributed by atoms with Crippen molar-refractivity contribution in [3.8, 4) is 0 Å². The lowest BCUT2D eigenvalue weighted by Crippen LogP contribution is -2.23. The highest BCUT2D eigenvalue weighted by Crippen LogP contribution is 2.28. The number of hydrogen-bond donors (Lipinski definition) is 1. The Morgan fingerprint density at radius 2 is 1.90 bits per heavy atom. The lowest BCUT2D eigenvalue weighted by atomic mass is 10.2. The van der Waals surface area contributed by atoms with Crippen molar-refractivity contribution in [3.05, 3.63) is 55.0 Å². The fourth-order valence-corrected chi connectivity index (χ4v) is 2.27. The van der Waals surface area contributed by atoms with Gasteiger partial charge in [-0.15, -0.1) is 0 Å². The molecule has 2 heterocycles. The maximum absolute atomic E-state index is 11.5. The van der Waals surface area contributed by atoms with Gasteiger partial charge in [0.25, 0.3) is 0 Å². The number of amides is 1. The maximum Gasteiger partial charge on any atom is 0.416 e. The van der Waals surface area contributed by atoms with Crippen molar-refractivity contribution >= 4 is 28.4 Å². The van der Waals surface area contributed by atoms with Crippen LogP contribution in [-0.2, 0) is 7.05 Å². The summed E-state index contributed by atoms with van der Waals surface area (Å²) < 4.78 is 2.00. The van der Waals surface area contributed by atoms with Gasteiger partial charge in [0.2, 0.25) is 0 Å². The molecule has 0 aliphatic carbocycles. The minimum absolute atomic E-state index is 0.572. The van der Waals surface area contributed by atoms with E-state index in [1.807, 2.05) is 36.0 Å². The highest BCUT2D eigenvalue weighted by atomic mass is 16.4. The Labute approximate surface area is 115 Å². The molecule has 5 nitrogen and oxygen atoms in total. The molecule has 1 aromatic carbocycles. The smallest absolute Gasteiger partial charge is 0.416 e. The Morgan fingerprint density at radius 1 is 1.15 bits per heavy atom. The van der Waals surface area contributed by atoms with E-state index in [2.05, 4.69) is 4.98 Å². The number of aryl methyl sites for hydroxylation is 1. The van der Waals surface area contributed by atoms with E-state index in [1.165, 1.54) is 4.90 Å². The van der Waals surface area contributed by atoms with E-state index in [4.69, 9.17) is 0 Å². The van der Waals surface area contributed by atoms with Crippen molar-refractivity contribution in [3.63, 3.8) is 0 Å². The topological polar surface area (TPSA) is 58.4 Å². The van der Waals surface area contributed by atoms with Crippen molar-refractivity contribution in [2.24, 2.45) is 7.05 Å². The van der Waals surface area contributed by atoms with Crippen LogP contribution in [0.25, 0.3) is 10.9 Å². The van der Waals surface area contributed by atoms with E-state index in [0.717, 1.165) is 10.9 Å². The van der Waals surface area contributed by atoms with Gasteiger partial charge in [-0.2, -0.15) is 0 Å². The van der Waals surface area contributed by atoms with Crippen LogP contribution in [0, 0.1) is 0 Å². The van der Waals surface area contributed by atoms with E-state index in [0.29, 0.717) is 11.4 Å². The molecule has 3 rings (SSSR count). The highest BCUT2D eigenvalue weighted by molar-refractivity contribution is 5.97. The molecule has 0 fully saturated rings. The third kappa shape index (κ3) is 1.99. The Hall–Kier alpha value is -2.82. The van der Waals surface area contributed by atoms with Crippen LogP contribution >= 0.6 is 0 Å². The van der Waals surface area contributed by atoms with Crippen LogP contribution in [-0.4, -0.2) is 20.8 Å². The van der Waals surface area contributed by atoms with Crippen LogP contribution in [0.4, 0.5) is 16.2 Å². The first-order valence-electron chi connectivity index (χ1n) is 6.15. The van der Waals surface area contributed by atoms with Crippen LogP contribution < -0.4 is 4.90 Å². The molecule has 1 amide bonds. The van der Waals surface area contributed by atoms with E-state index >= 15 is 0 Å². The van der Waals surface area contributed by atoms with Crippen LogP contribution in [0.2, 0.25) is 0 Å². The van der Waals surface area contributed by atoms with E-state index in [-0.39, 0.29) is 0 Å². The Balaban J connectivity index is 2.12. The van der Waals surface area contributed by atoms with Gasteiger partial charge in [-0.05, 0) is 36.4 Å². The van der Waals surface area contributed by atoms with E-state index < -0.39 is 6.09 Å². The third-order valence-electron chi connectivity index (χ3n) is 3.24.